The van der Waals surface area contributed by atoms with Crippen molar-refractivity contribution in [3.05, 3.63) is 23.8 Å². The molecule has 0 aromatic heterocycles. The molecule has 20 heavy (non-hydrogen) atoms. The van der Waals surface area contributed by atoms with Gasteiger partial charge in [0.05, 0.1) is 13.7 Å². The zero-order chi connectivity index (χ0) is 14.8. The minimum atomic E-state index is -4.14. The molecule has 0 bridgehead atoms. The van der Waals surface area contributed by atoms with Crippen molar-refractivity contribution >= 4 is 0 Å². The molecule has 112 valence electrons. The Morgan fingerprint density at radius 3 is 2.45 bits per heavy atom. The maximum absolute atomic E-state index is 12.3. The molecule has 0 unspecified atom stereocenters. The second-order valence-electron chi connectivity index (χ2n) is 5.09. The lowest BCUT2D eigenvalue weighted by Gasteiger charge is -2.32. The zero-order valence-corrected chi connectivity index (χ0v) is 11.3. The van der Waals surface area contributed by atoms with Gasteiger partial charge in [-0.2, -0.15) is 13.2 Å². The Balaban J connectivity index is 1.97. The molecule has 1 aromatic rings. The molecule has 3 nitrogen and oxygen atoms in total. The smallest absolute Gasteiger partial charge is 0.401 e. The Morgan fingerprint density at radius 1 is 1.30 bits per heavy atom. The fraction of sp³-hybridized carbons (Fsp3) is 0.571. The quantitative estimate of drug-likeness (QED) is 0.928. The number of benzene rings is 1. The van der Waals surface area contributed by atoms with Crippen LogP contribution in [0.3, 0.4) is 0 Å². The van der Waals surface area contributed by atoms with Crippen molar-refractivity contribution in [2.75, 3.05) is 26.7 Å². The molecule has 6 heteroatoms. The number of hydrogen-bond donors (Lipinski definition) is 1. The number of phenols is 1. The molecule has 0 aliphatic carbocycles. The average Bonchev–Trinajstić information content (AvgIpc) is 2.38. The number of rotatable bonds is 3. The molecular weight excluding hydrogens is 271 g/mol. The lowest BCUT2D eigenvalue weighted by molar-refractivity contribution is -0.147. The maximum Gasteiger partial charge on any atom is 0.401 e. The van der Waals surface area contributed by atoms with E-state index in [4.69, 9.17) is 4.74 Å². The Bertz CT molecular complexity index is 454. The average molecular weight is 289 g/mol. The summed E-state index contributed by atoms with van der Waals surface area (Å²) in [6.45, 7) is -0.0559. The van der Waals surface area contributed by atoms with Gasteiger partial charge in [0.2, 0.25) is 0 Å². The van der Waals surface area contributed by atoms with Gasteiger partial charge in [0.1, 0.15) is 11.5 Å². The molecule has 1 fully saturated rings. The number of alkyl halides is 3. The normalized spacial score (nSPS) is 18.2. The highest BCUT2D eigenvalue weighted by Crippen LogP contribution is 2.36. The number of piperidine rings is 1. The van der Waals surface area contributed by atoms with Gasteiger partial charge in [-0.1, -0.05) is 6.07 Å². The highest BCUT2D eigenvalue weighted by atomic mass is 19.4. The summed E-state index contributed by atoms with van der Waals surface area (Å²) < 4.78 is 42.0. The molecule has 0 radical (unpaired) electrons. The first-order valence-corrected chi connectivity index (χ1v) is 6.55. The Hall–Kier alpha value is -1.43. The third-order valence-electron chi connectivity index (χ3n) is 3.67. The fourth-order valence-electron chi connectivity index (χ4n) is 2.65. The van der Waals surface area contributed by atoms with Crippen LogP contribution in [0.2, 0.25) is 0 Å². The Morgan fingerprint density at radius 2 is 1.95 bits per heavy atom. The largest absolute Gasteiger partial charge is 0.508 e. The van der Waals surface area contributed by atoms with E-state index in [-0.39, 0.29) is 11.7 Å². The zero-order valence-electron chi connectivity index (χ0n) is 11.3. The van der Waals surface area contributed by atoms with E-state index in [9.17, 15) is 18.3 Å². The van der Waals surface area contributed by atoms with Gasteiger partial charge in [-0.15, -0.1) is 0 Å². The molecule has 1 heterocycles. The van der Waals surface area contributed by atoms with Crippen LogP contribution in [0.4, 0.5) is 13.2 Å². The summed E-state index contributed by atoms with van der Waals surface area (Å²) in [5.74, 6) is 0.824. The summed E-state index contributed by atoms with van der Waals surface area (Å²) in [5, 5.41) is 9.95. The predicted octanol–water partition coefficient (Wildman–Crippen LogP) is 3.14. The molecule has 1 aliphatic heterocycles. The summed E-state index contributed by atoms with van der Waals surface area (Å²) in [6.07, 6.45) is -2.90. The lowest BCUT2D eigenvalue weighted by Crippen LogP contribution is -2.39. The van der Waals surface area contributed by atoms with Gasteiger partial charge in [0.15, 0.2) is 0 Å². The second-order valence-corrected chi connectivity index (χ2v) is 5.09. The maximum atomic E-state index is 12.3. The van der Waals surface area contributed by atoms with Crippen LogP contribution >= 0.6 is 0 Å². The summed E-state index contributed by atoms with van der Waals surface area (Å²) >= 11 is 0. The highest BCUT2D eigenvalue weighted by molar-refractivity contribution is 5.41. The van der Waals surface area contributed by atoms with Crippen molar-refractivity contribution in [1.82, 2.24) is 4.90 Å². The molecule has 1 aromatic carbocycles. The molecule has 0 saturated carbocycles. The van der Waals surface area contributed by atoms with E-state index in [1.165, 1.54) is 18.1 Å². The fourth-order valence-corrected chi connectivity index (χ4v) is 2.65. The molecule has 2 rings (SSSR count). The van der Waals surface area contributed by atoms with Gasteiger partial charge in [-0.05, 0) is 43.5 Å². The van der Waals surface area contributed by atoms with Crippen LogP contribution in [-0.4, -0.2) is 42.9 Å². The van der Waals surface area contributed by atoms with Crippen LogP contribution < -0.4 is 4.74 Å². The number of methoxy groups -OCH3 is 1. The molecule has 1 aliphatic rings. The monoisotopic (exact) mass is 289 g/mol. The van der Waals surface area contributed by atoms with E-state index in [2.05, 4.69) is 0 Å². The SMILES string of the molecule is COc1ccc(C2CCN(CC(F)(F)F)CC2)c(O)c1. The van der Waals surface area contributed by atoms with E-state index in [0.29, 0.717) is 31.7 Å². The van der Waals surface area contributed by atoms with Crippen molar-refractivity contribution in [1.29, 1.82) is 0 Å². The van der Waals surface area contributed by atoms with Crippen LogP contribution in [0.15, 0.2) is 18.2 Å². The molecule has 1 saturated heterocycles. The molecule has 1 N–H and O–H groups in total. The first kappa shape index (κ1) is 15.0. The van der Waals surface area contributed by atoms with Gasteiger partial charge in [0, 0.05) is 6.07 Å². The van der Waals surface area contributed by atoms with Gasteiger partial charge in [-0.25, -0.2) is 0 Å². The van der Waals surface area contributed by atoms with E-state index in [0.717, 1.165) is 5.56 Å². The topological polar surface area (TPSA) is 32.7 Å². The predicted molar refractivity (Wildman–Crippen MR) is 69.1 cm³/mol. The van der Waals surface area contributed by atoms with Crippen LogP contribution in [0, 0.1) is 0 Å². The number of halogens is 3. The summed E-state index contributed by atoms with van der Waals surface area (Å²) in [6, 6.07) is 5.09. The van der Waals surface area contributed by atoms with Crippen molar-refractivity contribution in [3.8, 4) is 11.5 Å². The van der Waals surface area contributed by atoms with Gasteiger partial charge < -0.3 is 9.84 Å². The Labute approximate surface area is 116 Å². The van der Waals surface area contributed by atoms with Crippen molar-refractivity contribution in [2.45, 2.75) is 24.9 Å². The van der Waals surface area contributed by atoms with Crippen LogP contribution in [0.5, 0.6) is 11.5 Å². The van der Waals surface area contributed by atoms with Crippen molar-refractivity contribution in [3.63, 3.8) is 0 Å². The number of aromatic hydroxyl groups is 1. The lowest BCUT2D eigenvalue weighted by atomic mass is 9.88. The standard InChI is InChI=1S/C14H18F3NO2/c1-20-11-2-3-12(13(19)8-11)10-4-6-18(7-5-10)9-14(15,16)17/h2-3,8,10,19H,4-7,9H2,1H3. The van der Waals surface area contributed by atoms with Gasteiger partial charge >= 0.3 is 6.18 Å². The van der Waals surface area contributed by atoms with Gasteiger partial charge in [-0.3, -0.25) is 4.90 Å². The van der Waals surface area contributed by atoms with Crippen LogP contribution in [0.1, 0.15) is 24.3 Å². The van der Waals surface area contributed by atoms with Crippen molar-refractivity contribution in [2.24, 2.45) is 0 Å². The minimum Gasteiger partial charge on any atom is -0.508 e. The second kappa shape index (κ2) is 5.91. The number of phenolic OH excluding ortho intramolecular Hbond substituents is 1. The summed E-state index contributed by atoms with van der Waals surface area (Å²) in [4.78, 5) is 1.41. The first-order chi connectivity index (χ1) is 9.39. The number of likely N-dealkylation sites (tertiary alicyclic amines) is 1. The third-order valence-corrected chi connectivity index (χ3v) is 3.67. The first-order valence-electron chi connectivity index (χ1n) is 6.55. The number of ether oxygens (including phenoxy) is 1. The highest BCUT2D eigenvalue weighted by Gasteiger charge is 2.33. The Kier molecular flexibility index (Phi) is 4.42. The van der Waals surface area contributed by atoms with E-state index >= 15 is 0 Å². The number of hydrogen-bond acceptors (Lipinski definition) is 3. The van der Waals surface area contributed by atoms with Gasteiger partial charge in [0.25, 0.3) is 0 Å². The van der Waals surface area contributed by atoms with Crippen molar-refractivity contribution < 1.29 is 23.0 Å². The number of nitrogens with zero attached hydrogens (tertiary/aromatic N) is 1. The third kappa shape index (κ3) is 3.79. The molecule has 0 spiro atoms. The molecular formula is C14H18F3NO2. The summed E-state index contributed by atoms with van der Waals surface area (Å²) in [7, 11) is 1.52. The molecule has 0 atom stereocenters. The van der Waals surface area contributed by atoms with Crippen LogP contribution in [-0.2, 0) is 0 Å². The van der Waals surface area contributed by atoms with Crippen LogP contribution in [0.25, 0.3) is 0 Å². The van der Waals surface area contributed by atoms with E-state index in [1.807, 2.05) is 0 Å². The van der Waals surface area contributed by atoms with E-state index in [1.54, 1.807) is 12.1 Å². The van der Waals surface area contributed by atoms with E-state index < -0.39 is 12.7 Å². The minimum absolute atomic E-state index is 0.102. The molecule has 0 amide bonds. The summed E-state index contributed by atoms with van der Waals surface area (Å²) in [5.41, 5.74) is 0.789.